The number of benzene rings is 1. The zero-order valence-electron chi connectivity index (χ0n) is 12.5. The molecule has 1 saturated carbocycles. The first kappa shape index (κ1) is 14.7. The van der Waals surface area contributed by atoms with Crippen LogP contribution in [0.2, 0.25) is 0 Å². The highest BCUT2D eigenvalue weighted by atomic mass is 19.1. The molecule has 1 aromatic carbocycles. The summed E-state index contributed by atoms with van der Waals surface area (Å²) in [5.74, 6) is 0.731. The fourth-order valence-electron chi connectivity index (χ4n) is 3.95. The van der Waals surface area contributed by atoms with E-state index < -0.39 is 0 Å². The van der Waals surface area contributed by atoms with Crippen molar-refractivity contribution in [3.63, 3.8) is 0 Å². The van der Waals surface area contributed by atoms with Gasteiger partial charge in [0.05, 0.1) is 0 Å². The van der Waals surface area contributed by atoms with Gasteiger partial charge in [0.15, 0.2) is 5.78 Å². The van der Waals surface area contributed by atoms with E-state index in [0.717, 1.165) is 25.3 Å². The van der Waals surface area contributed by atoms with E-state index in [-0.39, 0.29) is 11.6 Å². The van der Waals surface area contributed by atoms with Crippen molar-refractivity contribution in [3.8, 4) is 0 Å². The summed E-state index contributed by atoms with van der Waals surface area (Å²) >= 11 is 0. The number of carbonyl (C=O) groups is 1. The third-order valence-electron chi connectivity index (χ3n) is 5.38. The van der Waals surface area contributed by atoms with Crippen molar-refractivity contribution in [2.45, 2.75) is 44.9 Å². The molecule has 1 aromatic rings. The zero-order valence-corrected chi connectivity index (χ0v) is 12.5. The highest BCUT2D eigenvalue weighted by Gasteiger charge is 2.37. The molecule has 0 aromatic heterocycles. The molecule has 0 radical (unpaired) electrons. The molecule has 2 bridgehead atoms. The Morgan fingerprint density at radius 3 is 2.67 bits per heavy atom. The van der Waals surface area contributed by atoms with Crippen LogP contribution in [0, 0.1) is 17.2 Å². The van der Waals surface area contributed by atoms with Crippen LogP contribution in [0.1, 0.15) is 55.3 Å². The van der Waals surface area contributed by atoms with Crippen molar-refractivity contribution in [2.75, 3.05) is 13.1 Å². The van der Waals surface area contributed by atoms with E-state index in [1.807, 2.05) is 0 Å². The number of carbonyl (C=O) groups excluding carboxylic acids is 1. The van der Waals surface area contributed by atoms with Gasteiger partial charge in [-0.3, -0.25) is 4.79 Å². The van der Waals surface area contributed by atoms with Gasteiger partial charge in [-0.15, -0.1) is 0 Å². The van der Waals surface area contributed by atoms with Gasteiger partial charge in [0, 0.05) is 18.5 Å². The summed E-state index contributed by atoms with van der Waals surface area (Å²) in [6, 6.07) is 5.91. The van der Waals surface area contributed by atoms with Crippen LogP contribution in [-0.2, 0) is 0 Å². The van der Waals surface area contributed by atoms with E-state index in [2.05, 4.69) is 5.32 Å². The lowest BCUT2D eigenvalue weighted by molar-refractivity contribution is 0.0965. The van der Waals surface area contributed by atoms with E-state index >= 15 is 0 Å². The van der Waals surface area contributed by atoms with Gasteiger partial charge >= 0.3 is 0 Å². The molecule has 3 aliphatic rings. The molecule has 1 N–H and O–H groups in total. The quantitative estimate of drug-likeness (QED) is 0.831. The summed E-state index contributed by atoms with van der Waals surface area (Å²) < 4.78 is 12.9. The van der Waals surface area contributed by atoms with E-state index in [9.17, 15) is 9.18 Å². The molecule has 0 unspecified atom stereocenters. The predicted octanol–water partition coefficient (Wildman–Crippen LogP) is 3.96. The second kappa shape index (κ2) is 6.27. The third-order valence-corrected chi connectivity index (χ3v) is 5.38. The molecule has 2 aliphatic heterocycles. The predicted molar refractivity (Wildman–Crippen MR) is 81.8 cm³/mol. The number of hydrogen-bond donors (Lipinski definition) is 1. The summed E-state index contributed by atoms with van der Waals surface area (Å²) in [5.41, 5.74) is 1.06. The minimum atomic E-state index is -0.285. The maximum Gasteiger partial charge on any atom is 0.162 e. The summed E-state index contributed by atoms with van der Waals surface area (Å²) in [6.07, 6.45) is 7.99. The SMILES string of the molecule is O=C(CCCC12CCC(CC1)CNC2)c1ccc(F)cc1. The second-order valence-corrected chi connectivity index (χ2v) is 6.86. The van der Waals surface area contributed by atoms with E-state index in [1.165, 1.54) is 44.4 Å². The Morgan fingerprint density at radius 2 is 1.95 bits per heavy atom. The first-order chi connectivity index (χ1) is 10.2. The van der Waals surface area contributed by atoms with Gasteiger partial charge < -0.3 is 5.32 Å². The molecule has 3 fully saturated rings. The number of Topliss-reactive ketones (excluding diaryl/α,β-unsaturated/α-hetero) is 1. The number of halogens is 1. The number of rotatable bonds is 5. The maximum absolute atomic E-state index is 12.9. The molecule has 114 valence electrons. The van der Waals surface area contributed by atoms with Crippen molar-refractivity contribution < 1.29 is 9.18 Å². The Kier molecular flexibility index (Phi) is 4.39. The molecule has 21 heavy (non-hydrogen) atoms. The molecular formula is C18H24FNO. The molecule has 2 heterocycles. The topological polar surface area (TPSA) is 29.1 Å². The lowest BCUT2D eigenvalue weighted by atomic mass is 9.69. The Bertz CT molecular complexity index is 483. The highest BCUT2D eigenvalue weighted by molar-refractivity contribution is 5.95. The van der Waals surface area contributed by atoms with Crippen LogP contribution in [0.15, 0.2) is 24.3 Å². The van der Waals surface area contributed by atoms with Crippen LogP contribution in [0.5, 0.6) is 0 Å². The molecule has 3 heteroatoms. The van der Waals surface area contributed by atoms with Gasteiger partial charge in [-0.25, -0.2) is 4.39 Å². The van der Waals surface area contributed by atoms with Gasteiger partial charge in [0.2, 0.25) is 0 Å². The van der Waals surface area contributed by atoms with Crippen LogP contribution in [0.25, 0.3) is 0 Å². The molecular weight excluding hydrogens is 265 g/mol. The van der Waals surface area contributed by atoms with Gasteiger partial charge in [-0.05, 0) is 80.7 Å². The average Bonchev–Trinajstić information content (AvgIpc) is 2.82. The van der Waals surface area contributed by atoms with Crippen molar-refractivity contribution in [1.82, 2.24) is 5.32 Å². The molecule has 0 atom stereocenters. The standard InChI is InChI=1S/C18H24FNO/c19-16-5-3-15(4-6-16)17(21)2-1-9-18-10-7-14(8-11-18)12-20-13-18/h3-6,14,20H,1-2,7-13H2. The van der Waals surface area contributed by atoms with Gasteiger partial charge in [0.1, 0.15) is 5.82 Å². The summed E-state index contributed by atoms with van der Waals surface area (Å²) in [5, 5.41) is 3.60. The number of nitrogens with one attached hydrogen (secondary N) is 1. The van der Waals surface area contributed by atoms with E-state index in [0.29, 0.717) is 17.4 Å². The number of hydrogen-bond acceptors (Lipinski definition) is 2. The Labute approximate surface area is 126 Å². The fraction of sp³-hybridized carbons (Fsp3) is 0.611. The monoisotopic (exact) mass is 289 g/mol. The lowest BCUT2D eigenvalue weighted by Gasteiger charge is -2.36. The fourth-order valence-corrected chi connectivity index (χ4v) is 3.95. The molecule has 4 rings (SSSR count). The van der Waals surface area contributed by atoms with Crippen molar-refractivity contribution >= 4 is 5.78 Å². The lowest BCUT2D eigenvalue weighted by Crippen LogP contribution is -2.31. The maximum atomic E-state index is 12.9. The Balaban J connectivity index is 1.51. The normalized spacial score (nSPS) is 28.3. The largest absolute Gasteiger partial charge is 0.316 e. The Hall–Kier alpha value is -1.22. The number of fused-ring (bicyclic) bond motifs is 4. The van der Waals surface area contributed by atoms with Gasteiger partial charge in [0.25, 0.3) is 0 Å². The van der Waals surface area contributed by atoms with Crippen LogP contribution in [0.4, 0.5) is 4.39 Å². The number of ketones is 1. The summed E-state index contributed by atoms with van der Waals surface area (Å²) in [7, 11) is 0. The zero-order chi connectivity index (χ0) is 14.7. The Morgan fingerprint density at radius 1 is 1.24 bits per heavy atom. The van der Waals surface area contributed by atoms with E-state index in [4.69, 9.17) is 0 Å². The van der Waals surface area contributed by atoms with E-state index in [1.54, 1.807) is 12.1 Å². The van der Waals surface area contributed by atoms with Crippen LogP contribution >= 0.6 is 0 Å². The molecule has 2 nitrogen and oxygen atoms in total. The van der Waals surface area contributed by atoms with Crippen LogP contribution in [0.3, 0.4) is 0 Å². The molecule has 0 amide bonds. The summed E-state index contributed by atoms with van der Waals surface area (Å²) in [4.78, 5) is 12.1. The summed E-state index contributed by atoms with van der Waals surface area (Å²) in [6.45, 7) is 2.30. The molecule has 0 spiro atoms. The molecule has 2 saturated heterocycles. The first-order valence-corrected chi connectivity index (χ1v) is 8.16. The minimum Gasteiger partial charge on any atom is -0.316 e. The molecule has 1 aliphatic carbocycles. The average molecular weight is 289 g/mol. The third kappa shape index (κ3) is 3.52. The van der Waals surface area contributed by atoms with Crippen molar-refractivity contribution in [3.05, 3.63) is 35.6 Å². The van der Waals surface area contributed by atoms with Crippen LogP contribution in [-0.4, -0.2) is 18.9 Å². The highest BCUT2D eigenvalue weighted by Crippen LogP contribution is 2.44. The van der Waals surface area contributed by atoms with Gasteiger partial charge in [-0.1, -0.05) is 0 Å². The first-order valence-electron chi connectivity index (χ1n) is 8.16. The smallest absolute Gasteiger partial charge is 0.162 e. The second-order valence-electron chi connectivity index (χ2n) is 6.86. The van der Waals surface area contributed by atoms with Crippen molar-refractivity contribution in [2.24, 2.45) is 11.3 Å². The van der Waals surface area contributed by atoms with Gasteiger partial charge in [-0.2, -0.15) is 0 Å². The van der Waals surface area contributed by atoms with Crippen molar-refractivity contribution in [1.29, 1.82) is 0 Å². The minimum absolute atomic E-state index is 0.140. The van der Waals surface area contributed by atoms with Crippen LogP contribution < -0.4 is 5.32 Å².